The van der Waals surface area contributed by atoms with Gasteiger partial charge in [0.2, 0.25) is 0 Å². The second-order valence-corrected chi connectivity index (χ2v) is 5.08. The van der Waals surface area contributed by atoms with Gasteiger partial charge in [-0.05, 0) is 43.7 Å². The second-order valence-electron chi connectivity index (χ2n) is 5.08. The maximum absolute atomic E-state index is 12.8. The molecule has 0 aliphatic carbocycles. The summed E-state index contributed by atoms with van der Waals surface area (Å²) in [4.78, 5) is 12.0. The molecule has 2 aromatic carbocycles. The molecular formula is C16H17FN2O. The van der Waals surface area contributed by atoms with Crippen LogP contribution in [0.5, 0.6) is 0 Å². The van der Waals surface area contributed by atoms with Gasteiger partial charge >= 0.3 is 6.03 Å². The molecule has 0 atom stereocenters. The summed E-state index contributed by atoms with van der Waals surface area (Å²) in [5.41, 5.74) is 1.06. The van der Waals surface area contributed by atoms with Crippen LogP contribution in [-0.4, -0.2) is 6.03 Å². The van der Waals surface area contributed by atoms with Gasteiger partial charge in [-0.25, -0.2) is 9.18 Å². The number of benzene rings is 2. The molecule has 104 valence electrons. The van der Waals surface area contributed by atoms with Crippen molar-refractivity contribution in [1.82, 2.24) is 5.32 Å². The second kappa shape index (κ2) is 5.74. The Balaban J connectivity index is 2.02. The average molecular weight is 272 g/mol. The predicted molar refractivity (Wildman–Crippen MR) is 78.0 cm³/mol. The highest BCUT2D eigenvalue weighted by atomic mass is 19.1. The fraction of sp³-hybridized carbons (Fsp3) is 0.188. The molecule has 4 heteroatoms. The Kier molecular flexibility index (Phi) is 4.03. The molecule has 3 nitrogen and oxygen atoms in total. The molecule has 20 heavy (non-hydrogen) atoms. The van der Waals surface area contributed by atoms with Gasteiger partial charge in [0.15, 0.2) is 0 Å². The Morgan fingerprint density at radius 2 is 1.60 bits per heavy atom. The Bertz CT molecular complexity index is 579. The van der Waals surface area contributed by atoms with Crippen LogP contribution < -0.4 is 10.6 Å². The lowest BCUT2D eigenvalue weighted by Gasteiger charge is -2.27. The molecule has 0 spiro atoms. The standard InChI is InChI=1S/C16H17FN2O/c1-16(2,12-6-4-3-5-7-12)19-15(20)18-14-10-8-13(17)9-11-14/h3-11H,1-2H3,(H2,18,19,20). The van der Waals surface area contributed by atoms with Crippen molar-refractivity contribution in [1.29, 1.82) is 0 Å². The minimum absolute atomic E-state index is 0.328. The normalized spacial score (nSPS) is 10.9. The van der Waals surface area contributed by atoms with E-state index in [9.17, 15) is 9.18 Å². The molecule has 2 amide bonds. The van der Waals surface area contributed by atoms with Gasteiger partial charge in [-0.15, -0.1) is 0 Å². The number of amides is 2. The zero-order chi connectivity index (χ0) is 14.6. The van der Waals surface area contributed by atoms with Crippen molar-refractivity contribution in [3.8, 4) is 0 Å². The van der Waals surface area contributed by atoms with Gasteiger partial charge < -0.3 is 10.6 Å². The zero-order valence-corrected chi connectivity index (χ0v) is 11.5. The Morgan fingerprint density at radius 1 is 1.00 bits per heavy atom. The number of carbonyl (C=O) groups excluding carboxylic acids is 1. The smallest absolute Gasteiger partial charge is 0.319 e. The molecule has 0 fully saturated rings. The topological polar surface area (TPSA) is 41.1 Å². The highest BCUT2D eigenvalue weighted by molar-refractivity contribution is 5.89. The first-order chi connectivity index (χ1) is 9.47. The number of halogens is 1. The van der Waals surface area contributed by atoms with Crippen LogP contribution in [0.25, 0.3) is 0 Å². The molecule has 2 rings (SSSR count). The highest BCUT2D eigenvalue weighted by Crippen LogP contribution is 2.19. The predicted octanol–water partition coefficient (Wildman–Crippen LogP) is 3.88. The monoisotopic (exact) mass is 272 g/mol. The van der Waals surface area contributed by atoms with Crippen LogP contribution in [0.4, 0.5) is 14.9 Å². The summed E-state index contributed by atoms with van der Waals surface area (Å²) in [6, 6.07) is 15.0. The van der Waals surface area contributed by atoms with E-state index in [0.29, 0.717) is 5.69 Å². The van der Waals surface area contributed by atoms with Gasteiger partial charge in [0.05, 0.1) is 5.54 Å². The molecule has 0 unspecified atom stereocenters. The lowest BCUT2D eigenvalue weighted by Crippen LogP contribution is -2.43. The van der Waals surface area contributed by atoms with E-state index in [2.05, 4.69) is 10.6 Å². The summed E-state index contributed by atoms with van der Waals surface area (Å²) < 4.78 is 12.8. The van der Waals surface area contributed by atoms with E-state index in [1.807, 2.05) is 44.2 Å². The van der Waals surface area contributed by atoms with Crippen LogP contribution in [0.2, 0.25) is 0 Å². The first-order valence-electron chi connectivity index (χ1n) is 6.38. The fourth-order valence-electron chi connectivity index (χ4n) is 1.91. The van der Waals surface area contributed by atoms with E-state index in [4.69, 9.17) is 0 Å². The lowest BCUT2D eigenvalue weighted by molar-refractivity contribution is 0.242. The summed E-state index contributed by atoms with van der Waals surface area (Å²) in [5, 5.41) is 5.57. The van der Waals surface area contributed by atoms with E-state index in [1.165, 1.54) is 24.3 Å². The summed E-state index contributed by atoms with van der Waals surface area (Å²) in [6.45, 7) is 3.85. The van der Waals surface area contributed by atoms with Crippen molar-refractivity contribution >= 4 is 11.7 Å². The average Bonchev–Trinajstić information content (AvgIpc) is 2.42. The van der Waals surface area contributed by atoms with Gasteiger partial charge in [0.25, 0.3) is 0 Å². The maximum atomic E-state index is 12.8. The van der Waals surface area contributed by atoms with Crippen LogP contribution in [0.1, 0.15) is 19.4 Å². The van der Waals surface area contributed by atoms with E-state index in [1.54, 1.807) is 0 Å². The molecular weight excluding hydrogens is 255 g/mol. The molecule has 0 saturated heterocycles. The minimum atomic E-state index is -0.495. The number of urea groups is 1. The molecule has 2 N–H and O–H groups in total. The highest BCUT2D eigenvalue weighted by Gasteiger charge is 2.22. The molecule has 0 heterocycles. The van der Waals surface area contributed by atoms with Gasteiger partial charge in [-0.1, -0.05) is 30.3 Å². The van der Waals surface area contributed by atoms with Gasteiger partial charge in [0, 0.05) is 5.69 Å². The fourth-order valence-corrected chi connectivity index (χ4v) is 1.91. The summed E-state index contributed by atoms with van der Waals surface area (Å²) in [6.07, 6.45) is 0. The Labute approximate surface area is 117 Å². The number of anilines is 1. The Morgan fingerprint density at radius 3 is 2.20 bits per heavy atom. The number of carbonyl (C=O) groups is 1. The quantitative estimate of drug-likeness (QED) is 0.874. The van der Waals surface area contributed by atoms with Crippen molar-refractivity contribution in [2.45, 2.75) is 19.4 Å². The molecule has 0 aromatic heterocycles. The van der Waals surface area contributed by atoms with Crippen LogP contribution in [0.3, 0.4) is 0 Å². The number of hydrogen-bond acceptors (Lipinski definition) is 1. The molecule has 0 saturated carbocycles. The van der Waals surface area contributed by atoms with E-state index < -0.39 is 5.54 Å². The lowest BCUT2D eigenvalue weighted by atomic mass is 9.95. The van der Waals surface area contributed by atoms with Crippen molar-refractivity contribution < 1.29 is 9.18 Å². The Hall–Kier alpha value is -2.36. The van der Waals surface area contributed by atoms with Crippen LogP contribution in [-0.2, 0) is 5.54 Å². The number of nitrogens with one attached hydrogen (secondary N) is 2. The van der Waals surface area contributed by atoms with Crippen LogP contribution in [0.15, 0.2) is 54.6 Å². The molecule has 0 aliphatic heterocycles. The van der Waals surface area contributed by atoms with Gasteiger partial charge in [-0.3, -0.25) is 0 Å². The number of rotatable bonds is 3. The molecule has 2 aromatic rings. The third-order valence-corrected chi connectivity index (χ3v) is 3.02. The third kappa shape index (κ3) is 3.57. The van der Waals surface area contributed by atoms with E-state index in [0.717, 1.165) is 5.56 Å². The van der Waals surface area contributed by atoms with Crippen molar-refractivity contribution in [2.75, 3.05) is 5.32 Å². The largest absolute Gasteiger partial charge is 0.329 e. The maximum Gasteiger partial charge on any atom is 0.319 e. The minimum Gasteiger partial charge on any atom is -0.329 e. The number of hydrogen-bond donors (Lipinski definition) is 2. The SMILES string of the molecule is CC(C)(NC(=O)Nc1ccc(F)cc1)c1ccccc1. The first-order valence-corrected chi connectivity index (χ1v) is 6.38. The summed E-state index contributed by atoms with van der Waals surface area (Å²) in [7, 11) is 0. The van der Waals surface area contributed by atoms with Crippen LogP contribution in [0, 0.1) is 5.82 Å². The molecule has 0 radical (unpaired) electrons. The van der Waals surface area contributed by atoms with Crippen molar-refractivity contribution in [2.24, 2.45) is 0 Å². The van der Waals surface area contributed by atoms with Gasteiger partial charge in [0.1, 0.15) is 5.82 Å². The van der Waals surface area contributed by atoms with Gasteiger partial charge in [-0.2, -0.15) is 0 Å². The summed E-state index contributed by atoms with van der Waals surface area (Å²) in [5.74, 6) is -0.333. The third-order valence-electron chi connectivity index (χ3n) is 3.02. The first kappa shape index (κ1) is 14.1. The zero-order valence-electron chi connectivity index (χ0n) is 11.5. The van der Waals surface area contributed by atoms with E-state index >= 15 is 0 Å². The van der Waals surface area contributed by atoms with Crippen molar-refractivity contribution in [3.63, 3.8) is 0 Å². The molecule has 0 aliphatic rings. The van der Waals surface area contributed by atoms with E-state index in [-0.39, 0.29) is 11.8 Å². The van der Waals surface area contributed by atoms with Crippen LogP contribution >= 0.6 is 0 Å². The van der Waals surface area contributed by atoms with Crippen molar-refractivity contribution in [3.05, 3.63) is 66.0 Å². The molecule has 0 bridgehead atoms. The summed E-state index contributed by atoms with van der Waals surface area (Å²) >= 11 is 0.